The number of nitrogens with two attached hydrogens (primary N) is 1. The quantitative estimate of drug-likeness (QED) is 0.778. The van der Waals surface area contributed by atoms with Crippen LogP contribution in [0, 0.1) is 0 Å². The number of fused-ring (bicyclic) bond motifs is 1. The van der Waals surface area contributed by atoms with Gasteiger partial charge in [-0.1, -0.05) is 0 Å². The molecule has 0 atom stereocenters. The zero-order valence-electron chi connectivity index (χ0n) is 14.4. The monoisotopic (exact) mass is 339 g/mol. The van der Waals surface area contributed by atoms with Gasteiger partial charge in [0.2, 0.25) is 0 Å². The lowest BCUT2D eigenvalue weighted by molar-refractivity contribution is 0.122. The van der Waals surface area contributed by atoms with Gasteiger partial charge < -0.3 is 19.9 Å². The molecule has 8 heteroatoms. The van der Waals surface area contributed by atoms with Gasteiger partial charge in [-0.25, -0.2) is 19.9 Å². The van der Waals surface area contributed by atoms with Crippen LogP contribution in [-0.4, -0.2) is 50.8 Å². The van der Waals surface area contributed by atoms with Crippen molar-refractivity contribution in [1.82, 2.24) is 24.5 Å². The average molecular weight is 339 g/mol. The highest BCUT2D eigenvalue weighted by Gasteiger charge is 2.16. The molecule has 0 radical (unpaired) electrons. The van der Waals surface area contributed by atoms with Crippen molar-refractivity contribution in [2.45, 2.75) is 19.9 Å². The molecule has 1 aliphatic rings. The van der Waals surface area contributed by atoms with Crippen LogP contribution < -0.4 is 10.6 Å². The Morgan fingerprint density at radius 3 is 2.60 bits per heavy atom. The maximum Gasteiger partial charge on any atom is 0.166 e. The van der Waals surface area contributed by atoms with Crippen LogP contribution in [0.3, 0.4) is 0 Å². The summed E-state index contributed by atoms with van der Waals surface area (Å²) in [7, 11) is 0. The first-order valence-corrected chi connectivity index (χ1v) is 8.42. The van der Waals surface area contributed by atoms with E-state index in [0.717, 1.165) is 43.3 Å². The van der Waals surface area contributed by atoms with Crippen molar-refractivity contribution < 1.29 is 4.74 Å². The molecule has 1 fully saturated rings. The first-order valence-electron chi connectivity index (χ1n) is 8.42. The van der Waals surface area contributed by atoms with Gasteiger partial charge in [-0.05, 0) is 26.0 Å². The molecule has 25 heavy (non-hydrogen) atoms. The molecule has 8 nitrogen and oxygen atoms in total. The number of ether oxygens (including phenoxy) is 1. The number of hydrogen-bond donors (Lipinski definition) is 1. The third kappa shape index (κ3) is 2.89. The molecule has 0 aliphatic carbocycles. The summed E-state index contributed by atoms with van der Waals surface area (Å²) in [6, 6.07) is 4.22. The van der Waals surface area contributed by atoms with E-state index in [0.29, 0.717) is 17.2 Å². The van der Waals surface area contributed by atoms with Gasteiger partial charge in [-0.2, -0.15) is 0 Å². The van der Waals surface area contributed by atoms with Crippen LogP contribution in [0.4, 0.5) is 11.6 Å². The lowest BCUT2D eigenvalue weighted by Crippen LogP contribution is -2.36. The highest BCUT2D eigenvalue weighted by molar-refractivity contribution is 5.83. The van der Waals surface area contributed by atoms with Crippen LogP contribution in [0.1, 0.15) is 19.9 Å². The van der Waals surface area contributed by atoms with Crippen LogP contribution in [-0.2, 0) is 4.74 Å². The maximum absolute atomic E-state index is 6.09. The largest absolute Gasteiger partial charge is 0.382 e. The summed E-state index contributed by atoms with van der Waals surface area (Å²) in [6.45, 7) is 7.35. The van der Waals surface area contributed by atoms with Gasteiger partial charge in [-0.3, -0.25) is 0 Å². The van der Waals surface area contributed by atoms with Gasteiger partial charge in [0.1, 0.15) is 11.3 Å². The van der Waals surface area contributed by atoms with Gasteiger partial charge >= 0.3 is 0 Å². The van der Waals surface area contributed by atoms with Crippen LogP contribution in [0.25, 0.3) is 22.6 Å². The Labute approximate surface area is 145 Å². The fraction of sp³-hybridized carbons (Fsp3) is 0.412. The number of morpholine rings is 1. The standard InChI is InChI=1S/C17H21N7O/c1-11(2)24-10-20-14-15(18)21-16(22-17(14)24)12-3-4-13(19-9-12)23-5-7-25-8-6-23/h3-4,9-11H,5-8H2,1-2H3,(H2,18,21,22). The third-order valence-electron chi connectivity index (χ3n) is 4.35. The minimum absolute atomic E-state index is 0.244. The van der Waals surface area contributed by atoms with Crippen molar-refractivity contribution in [2.75, 3.05) is 36.9 Å². The van der Waals surface area contributed by atoms with E-state index in [1.54, 1.807) is 12.5 Å². The number of nitrogens with zero attached hydrogens (tertiary/aromatic N) is 6. The second kappa shape index (κ2) is 6.29. The van der Waals surface area contributed by atoms with Crippen LogP contribution >= 0.6 is 0 Å². The molecule has 4 rings (SSSR count). The number of imidazole rings is 1. The lowest BCUT2D eigenvalue weighted by atomic mass is 10.2. The molecule has 0 unspecified atom stereocenters. The van der Waals surface area contributed by atoms with E-state index in [2.05, 4.69) is 38.7 Å². The summed E-state index contributed by atoms with van der Waals surface area (Å²) in [6.07, 6.45) is 3.55. The normalized spacial score (nSPS) is 15.2. The topological polar surface area (TPSA) is 95.0 Å². The molecule has 1 aliphatic heterocycles. The minimum atomic E-state index is 0.244. The van der Waals surface area contributed by atoms with E-state index >= 15 is 0 Å². The smallest absolute Gasteiger partial charge is 0.166 e. The van der Waals surface area contributed by atoms with Gasteiger partial charge in [0.25, 0.3) is 0 Å². The summed E-state index contributed by atoms with van der Waals surface area (Å²) < 4.78 is 7.37. The molecule has 130 valence electrons. The Kier molecular flexibility index (Phi) is 3.96. The SMILES string of the molecule is CC(C)n1cnc2c(N)nc(-c3ccc(N4CCOCC4)nc3)nc21. The molecule has 0 amide bonds. The van der Waals surface area contributed by atoms with Crippen molar-refractivity contribution in [1.29, 1.82) is 0 Å². The molecule has 1 saturated heterocycles. The molecule has 0 bridgehead atoms. The third-order valence-corrected chi connectivity index (χ3v) is 4.35. The second-order valence-corrected chi connectivity index (χ2v) is 6.35. The van der Waals surface area contributed by atoms with Crippen molar-refractivity contribution in [3.63, 3.8) is 0 Å². The molecular formula is C17H21N7O. The summed E-state index contributed by atoms with van der Waals surface area (Å²) >= 11 is 0. The number of anilines is 2. The molecule has 0 spiro atoms. The van der Waals surface area contributed by atoms with Crippen LogP contribution in [0.15, 0.2) is 24.7 Å². The van der Waals surface area contributed by atoms with E-state index in [1.165, 1.54) is 0 Å². The average Bonchev–Trinajstić information content (AvgIpc) is 3.07. The maximum atomic E-state index is 6.09. The predicted molar refractivity (Wildman–Crippen MR) is 96.4 cm³/mol. The zero-order valence-corrected chi connectivity index (χ0v) is 14.4. The molecule has 4 heterocycles. The predicted octanol–water partition coefficient (Wildman–Crippen LogP) is 1.89. The Morgan fingerprint density at radius 1 is 1.12 bits per heavy atom. The van der Waals surface area contributed by atoms with Crippen molar-refractivity contribution in [3.8, 4) is 11.4 Å². The van der Waals surface area contributed by atoms with Crippen LogP contribution in [0.2, 0.25) is 0 Å². The van der Waals surface area contributed by atoms with Crippen LogP contribution in [0.5, 0.6) is 0 Å². The van der Waals surface area contributed by atoms with Crippen molar-refractivity contribution in [2.24, 2.45) is 0 Å². The Bertz CT molecular complexity index is 882. The molecular weight excluding hydrogens is 318 g/mol. The number of rotatable bonds is 3. The van der Waals surface area contributed by atoms with E-state index < -0.39 is 0 Å². The van der Waals surface area contributed by atoms with Crippen molar-refractivity contribution >= 4 is 22.8 Å². The highest BCUT2D eigenvalue weighted by atomic mass is 16.5. The van der Waals surface area contributed by atoms with Crippen molar-refractivity contribution in [3.05, 3.63) is 24.7 Å². The number of aromatic nitrogens is 5. The van der Waals surface area contributed by atoms with Gasteiger partial charge in [0.05, 0.1) is 19.5 Å². The number of nitrogen functional groups attached to an aromatic ring is 1. The Balaban J connectivity index is 1.70. The van der Waals surface area contributed by atoms with E-state index in [1.807, 2.05) is 16.7 Å². The molecule has 0 saturated carbocycles. The molecule has 3 aromatic heterocycles. The summed E-state index contributed by atoms with van der Waals surface area (Å²) in [5.41, 5.74) is 8.30. The number of hydrogen-bond acceptors (Lipinski definition) is 7. The minimum Gasteiger partial charge on any atom is -0.382 e. The Morgan fingerprint density at radius 2 is 1.92 bits per heavy atom. The summed E-state index contributed by atoms with van der Waals surface area (Å²) in [4.78, 5) is 20.2. The lowest BCUT2D eigenvalue weighted by Gasteiger charge is -2.27. The van der Waals surface area contributed by atoms with E-state index in [4.69, 9.17) is 10.5 Å². The summed E-state index contributed by atoms with van der Waals surface area (Å²) in [5.74, 6) is 1.89. The first-order chi connectivity index (χ1) is 12.1. The fourth-order valence-corrected chi connectivity index (χ4v) is 2.94. The summed E-state index contributed by atoms with van der Waals surface area (Å²) in [5, 5.41) is 0. The first kappa shape index (κ1) is 15.8. The highest BCUT2D eigenvalue weighted by Crippen LogP contribution is 2.25. The second-order valence-electron chi connectivity index (χ2n) is 6.35. The van der Waals surface area contributed by atoms with E-state index in [9.17, 15) is 0 Å². The molecule has 0 aromatic carbocycles. The van der Waals surface area contributed by atoms with Gasteiger partial charge in [0.15, 0.2) is 17.3 Å². The Hall–Kier alpha value is -2.74. The number of pyridine rings is 1. The van der Waals surface area contributed by atoms with E-state index in [-0.39, 0.29) is 6.04 Å². The molecule has 3 aromatic rings. The van der Waals surface area contributed by atoms with Gasteiger partial charge in [-0.15, -0.1) is 0 Å². The zero-order chi connectivity index (χ0) is 17.4. The van der Waals surface area contributed by atoms with Gasteiger partial charge in [0, 0.05) is 30.9 Å². The molecule has 2 N–H and O–H groups in total. The fourth-order valence-electron chi connectivity index (χ4n) is 2.94.